The molecule has 0 unspecified atom stereocenters. The minimum absolute atomic E-state index is 0.0377. The predicted octanol–water partition coefficient (Wildman–Crippen LogP) is -0.996. The Kier molecular flexibility index (Phi) is 10.2. The van der Waals surface area contributed by atoms with E-state index in [-0.39, 0.29) is 31.4 Å². The Bertz CT molecular complexity index is 349. The molecule has 2 N–H and O–H groups in total. The summed E-state index contributed by atoms with van der Waals surface area (Å²) in [5.74, 6) is -1.55. The van der Waals surface area contributed by atoms with Crippen molar-refractivity contribution in [2.75, 3.05) is 53.5 Å². The first-order chi connectivity index (χ1) is 9.90. The van der Waals surface area contributed by atoms with Crippen molar-refractivity contribution in [3.63, 3.8) is 0 Å². The van der Waals surface area contributed by atoms with Crippen molar-refractivity contribution in [1.82, 2.24) is 15.1 Å². The fraction of sp³-hybridized carbons (Fsp3) is 0.769. The summed E-state index contributed by atoms with van der Waals surface area (Å²) < 4.78 is 4.88. The van der Waals surface area contributed by atoms with Crippen LogP contribution in [0.1, 0.15) is 13.3 Å². The standard InChI is InChI=1S/C13H25N3O5/c1-4-5-14-11(17)8-15(2)12(18)9-16(6-7-21-3)10-13(19)20/h4-10H2,1-3H3,(H,14,17)(H,19,20). The molecule has 0 atom stereocenters. The first kappa shape index (κ1) is 19.3. The van der Waals surface area contributed by atoms with Gasteiger partial charge in [0.25, 0.3) is 0 Å². The first-order valence-corrected chi connectivity index (χ1v) is 6.84. The lowest BCUT2D eigenvalue weighted by atomic mass is 10.4. The second kappa shape index (κ2) is 11.0. The second-order valence-electron chi connectivity index (χ2n) is 4.70. The maximum atomic E-state index is 12.0. The molecule has 0 aliphatic carbocycles. The molecule has 8 nitrogen and oxygen atoms in total. The number of hydrogen-bond acceptors (Lipinski definition) is 5. The van der Waals surface area contributed by atoms with Gasteiger partial charge in [0, 0.05) is 27.2 Å². The van der Waals surface area contributed by atoms with E-state index in [0.717, 1.165) is 6.42 Å². The number of nitrogens with one attached hydrogen (secondary N) is 1. The van der Waals surface area contributed by atoms with Crippen LogP contribution in [0, 0.1) is 0 Å². The number of carbonyl (C=O) groups is 3. The Labute approximate surface area is 125 Å². The van der Waals surface area contributed by atoms with E-state index in [4.69, 9.17) is 9.84 Å². The zero-order chi connectivity index (χ0) is 16.3. The molecule has 0 spiro atoms. The highest BCUT2D eigenvalue weighted by Crippen LogP contribution is 1.93. The van der Waals surface area contributed by atoms with Gasteiger partial charge in [0.15, 0.2) is 0 Å². The van der Waals surface area contributed by atoms with E-state index in [9.17, 15) is 14.4 Å². The van der Waals surface area contributed by atoms with E-state index >= 15 is 0 Å². The molecule has 0 rings (SSSR count). The smallest absolute Gasteiger partial charge is 0.317 e. The van der Waals surface area contributed by atoms with Crippen LogP contribution in [0.4, 0.5) is 0 Å². The Morgan fingerprint density at radius 1 is 1.19 bits per heavy atom. The molecule has 122 valence electrons. The number of carbonyl (C=O) groups excluding carboxylic acids is 2. The molecule has 2 amide bonds. The van der Waals surface area contributed by atoms with Crippen LogP contribution in [0.25, 0.3) is 0 Å². The molecule has 0 fully saturated rings. The Hall–Kier alpha value is -1.67. The molecular weight excluding hydrogens is 278 g/mol. The van der Waals surface area contributed by atoms with E-state index in [2.05, 4.69) is 5.32 Å². The SMILES string of the molecule is CCCNC(=O)CN(C)C(=O)CN(CCOC)CC(=O)O. The topological polar surface area (TPSA) is 99.2 Å². The van der Waals surface area contributed by atoms with Gasteiger partial charge in [0.2, 0.25) is 11.8 Å². The Balaban J connectivity index is 4.31. The molecule has 0 aliphatic heterocycles. The Morgan fingerprint density at radius 3 is 2.38 bits per heavy atom. The molecule has 8 heteroatoms. The van der Waals surface area contributed by atoms with Gasteiger partial charge in [-0.3, -0.25) is 19.3 Å². The third kappa shape index (κ3) is 9.80. The molecule has 0 aromatic rings. The van der Waals surface area contributed by atoms with Gasteiger partial charge in [-0.1, -0.05) is 6.92 Å². The zero-order valence-corrected chi connectivity index (χ0v) is 12.9. The minimum atomic E-state index is -1.01. The lowest BCUT2D eigenvalue weighted by Crippen LogP contribution is -2.45. The van der Waals surface area contributed by atoms with Gasteiger partial charge in [-0.05, 0) is 6.42 Å². The van der Waals surface area contributed by atoms with Crippen molar-refractivity contribution in [2.24, 2.45) is 0 Å². The maximum absolute atomic E-state index is 12.0. The summed E-state index contributed by atoms with van der Waals surface area (Å²) in [6.45, 7) is 2.84. The number of carboxylic acids is 1. The number of aliphatic carboxylic acids is 1. The molecule has 0 aromatic heterocycles. The van der Waals surface area contributed by atoms with Crippen molar-refractivity contribution in [2.45, 2.75) is 13.3 Å². The number of methoxy groups -OCH3 is 1. The van der Waals surface area contributed by atoms with E-state index < -0.39 is 5.97 Å². The van der Waals surface area contributed by atoms with Crippen molar-refractivity contribution in [3.8, 4) is 0 Å². The lowest BCUT2D eigenvalue weighted by molar-refractivity contribution is -0.140. The maximum Gasteiger partial charge on any atom is 0.317 e. The molecule has 0 bridgehead atoms. The fourth-order valence-electron chi connectivity index (χ4n) is 1.56. The van der Waals surface area contributed by atoms with Crippen molar-refractivity contribution < 1.29 is 24.2 Å². The summed E-state index contributed by atoms with van der Waals surface area (Å²) in [6.07, 6.45) is 0.826. The van der Waals surface area contributed by atoms with Crippen LogP contribution in [0.5, 0.6) is 0 Å². The normalized spacial score (nSPS) is 10.5. The van der Waals surface area contributed by atoms with Crippen LogP contribution in [-0.4, -0.2) is 86.2 Å². The van der Waals surface area contributed by atoms with Crippen LogP contribution in [0.3, 0.4) is 0 Å². The highest BCUT2D eigenvalue weighted by Gasteiger charge is 2.18. The van der Waals surface area contributed by atoms with Crippen LogP contribution in [0.2, 0.25) is 0 Å². The molecule has 0 heterocycles. The van der Waals surface area contributed by atoms with Gasteiger partial charge in [0.1, 0.15) is 0 Å². The molecule has 21 heavy (non-hydrogen) atoms. The number of rotatable bonds is 11. The third-order valence-corrected chi connectivity index (χ3v) is 2.71. The summed E-state index contributed by atoms with van der Waals surface area (Å²) in [5, 5.41) is 11.5. The first-order valence-electron chi connectivity index (χ1n) is 6.84. The van der Waals surface area contributed by atoms with Crippen molar-refractivity contribution >= 4 is 17.8 Å². The van der Waals surface area contributed by atoms with Crippen molar-refractivity contribution in [3.05, 3.63) is 0 Å². The molecule has 0 aliphatic rings. The van der Waals surface area contributed by atoms with E-state index in [1.54, 1.807) is 0 Å². The highest BCUT2D eigenvalue weighted by molar-refractivity contribution is 5.85. The van der Waals surface area contributed by atoms with Crippen molar-refractivity contribution in [1.29, 1.82) is 0 Å². The third-order valence-electron chi connectivity index (χ3n) is 2.71. The number of nitrogens with zero attached hydrogens (tertiary/aromatic N) is 2. The molecule has 0 aromatic carbocycles. The molecule has 0 saturated heterocycles. The molecule has 0 radical (unpaired) electrons. The van der Waals surface area contributed by atoms with Crippen LogP contribution in [-0.2, 0) is 19.1 Å². The van der Waals surface area contributed by atoms with Gasteiger partial charge < -0.3 is 20.1 Å². The van der Waals surface area contributed by atoms with Crippen LogP contribution in [0.15, 0.2) is 0 Å². The summed E-state index contributed by atoms with van der Waals surface area (Å²) in [7, 11) is 3.02. The van der Waals surface area contributed by atoms with E-state index in [1.165, 1.54) is 24.0 Å². The summed E-state index contributed by atoms with van der Waals surface area (Å²) >= 11 is 0. The number of likely N-dealkylation sites (N-methyl/N-ethyl adjacent to an activating group) is 1. The quantitative estimate of drug-likeness (QED) is 0.508. The fourth-order valence-corrected chi connectivity index (χ4v) is 1.56. The number of amides is 2. The highest BCUT2D eigenvalue weighted by atomic mass is 16.5. The van der Waals surface area contributed by atoms with Crippen LogP contribution < -0.4 is 5.32 Å². The van der Waals surface area contributed by atoms with E-state index in [0.29, 0.717) is 19.7 Å². The summed E-state index contributed by atoms with van der Waals surface area (Å²) in [5.41, 5.74) is 0. The summed E-state index contributed by atoms with van der Waals surface area (Å²) in [6, 6.07) is 0. The summed E-state index contributed by atoms with van der Waals surface area (Å²) in [4.78, 5) is 37.0. The number of hydrogen-bond donors (Lipinski definition) is 2. The molecule has 0 saturated carbocycles. The minimum Gasteiger partial charge on any atom is -0.480 e. The molecular formula is C13H25N3O5. The number of ether oxygens (including phenoxy) is 1. The van der Waals surface area contributed by atoms with E-state index in [1.807, 2.05) is 6.92 Å². The average molecular weight is 303 g/mol. The van der Waals surface area contributed by atoms with Crippen LogP contribution >= 0.6 is 0 Å². The Morgan fingerprint density at radius 2 is 1.86 bits per heavy atom. The second-order valence-corrected chi connectivity index (χ2v) is 4.70. The number of carboxylic acid groups (broad SMARTS) is 1. The monoisotopic (exact) mass is 303 g/mol. The van der Waals surface area contributed by atoms with Gasteiger partial charge in [0.05, 0.1) is 26.2 Å². The van der Waals surface area contributed by atoms with Gasteiger partial charge >= 0.3 is 5.97 Å². The van der Waals surface area contributed by atoms with Gasteiger partial charge in [-0.2, -0.15) is 0 Å². The predicted molar refractivity (Wildman–Crippen MR) is 76.9 cm³/mol. The lowest BCUT2D eigenvalue weighted by Gasteiger charge is -2.23. The largest absolute Gasteiger partial charge is 0.480 e. The average Bonchev–Trinajstić information content (AvgIpc) is 2.41. The van der Waals surface area contributed by atoms with Gasteiger partial charge in [-0.15, -0.1) is 0 Å². The van der Waals surface area contributed by atoms with Gasteiger partial charge in [-0.25, -0.2) is 0 Å². The zero-order valence-electron chi connectivity index (χ0n) is 12.9.